The average molecular weight is 273 g/mol. The highest BCUT2D eigenvalue weighted by atomic mass is 15.3. The molecule has 1 atom stereocenters. The fraction of sp³-hybridized carbons (Fsp3) is 0.647. The molecule has 20 heavy (non-hydrogen) atoms. The van der Waals surface area contributed by atoms with E-state index < -0.39 is 0 Å². The van der Waals surface area contributed by atoms with Crippen LogP contribution in [0.2, 0.25) is 0 Å². The molecule has 0 bridgehead atoms. The Morgan fingerprint density at radius 3 is 2.60 bits per heavy atom. The number of nitrogens with zero attached hydrogens (tertiary/aromatic N) is 2. The summed E-state index contributed by atoms with van der Waals surface area (Å²) in [5.74, 6) is 0.726. The van der Waals surface area contributed by atoms with Crippen LogP contribution in [0.4, 0.5) is 11.4 Å². The van der Waals surface area contributed by atoms with Gasteiger partial charge in [0, 0.05) is 38.6 Å². The van der Waals surface area contributed by atoms with E-state index in [1.807, 2.05) is 0 Å². The van der Waals surface area contributed by atoms with Gasteiger partial charge in [-0.25, -0.2) is 0 Å². The lowest BCUT2D eigenvalue weighted by molar-refractivity contribution is 0.222. The standard InChI is InChI=1S/C17H27N3/c1-14(2)17(8-9-18-12-17)13-20-11-10-19(3)15-6-4-5-7-16(15)20/h4-7,14,18H,8-13H2,1-3H3. The zero-order valence-electron chi connectivity index (χ0n) is 13.0. The summed E-state index contributed by atoms with van der Waals surface area (Å²) in [4.78, 5) is 4.99. The lowest BCUT2D eigenvalue weighted by Gasteiger charge is -2.43. The maximum Gasteiger partial charge on any atom is 0.0604 e. The van der Waals surface area contributed by atoms with Gasteiger partial charge in [-0.1, -0.05) is 26.0 Å². The van der Waals surface area contributed by atoms with Gasteiger partial charge in [0.05, 0.1) is 11.4 Å². The van der Waals surface area contributed by atoms with Crippen molar-refractivity contribution in [1.29, 1.82) is 0 Å². The molecule has 3 heteroatoms. The fourth-order valence-corrected chi connectivity index (χ4v) is 3.68. The van der Waals surface area contributed by atoms with Crippen molar-refractivity contribution in [1.82, 2.24) is 5.32 Å². The van der Waals surface area contributed by atoms with E-state index in [1.165, 1.54) is 37.4 Å². The van der Waals surface area contributed by atoms with Crippen molar-refractivity contribution < 1.29 is 0 Å². The molecule has 2 aliphatic heterocycles. The van der Waals surface area contributed by atoms with Gasteiger partial charge in [-0.3, -0.25) is 0 Å². The summed E-state index contributed by atoms with van der Waals surface area (Å²) < 4.78 is 0. The first-order valence-electron chi connectivity index (χ1n) is 7.88. The van der Waals surface area contributed by atoms with Gasteiger partial charge in [0.15, 0.2) is 0 Å². The number of benzene rings is 1. The van der Waals surface area contributed by atoms with Gasteiger partial charge in [0.2, 0.25) is 0 Å². The van der Waals surface area contributed by atoms with Crippen LogP contribution >= 0.6 is 0 Å². The zero-order chi connectivity index (χ0) is 14.2. The Kier molecular flexibility index (Phi) is 3.63. The minimum absolute atomic E-state index is 0.434. The SMILES string of the molecule is CC(C)C1(CN2CCN(C)c3ccccc32)CCNC1. The van der Waals surface area contributed by atoms with Crippen molar-refractivity contribution in [2.75, 3.05) is 49.6 Å². The normalized spacial score (nSPS) is 26.2. The van der Waals surface area contributed by atoms with E-state index in [4.69, 9.17) is 0 Å². The van der Waals surface area contributed by atoms with E-state index in [9.17, 15) is 0 Å². The van der Waals surface area contributed by atoms with E-state index in [1.54, 1.807) is 0 Å². The highest BCUT2D eigenvalue weighted by Gasteiger charge is 2.39. The zero-order valence-corrected chi connectivity index (χ0v) is 13.0. The summed E-state index contributed by atoms with van der Waals surface area (Å²) in [6.07, 6.45) is 1.30. The van der Waals surface area contributed by atoms with Gasteiger partial charge in [0.25, 0.3) is 0 Å². The van der Waals surface area contributed by atoms with Crippen LogP contribution < -0.4 is 15.1 Å². The molecular formula is C17H27N3. The monoisotopic (exact) mass is 273 g/mol. The molecule has 2 heterocycles. The molecule has 3 rings (SSSR count). The number of para-hydroxylation sites is 2. The first-order chi connectivity index (χ1) is 9.62. The third kappa shape index (κ3) is 2.28. The number of hydrogen-bond donors (Lipinski definition) is 1. The van der Waals surface area contributed by atoms with Crippen LogP contribution in [0.1, 0.15) is 20.3 Å². The van der Waals surface area contributed by atoms with Crippen molar-refractivity contribution in [3.8, 4) is 0 Å². The Bertz CT molecular complexity index is 463. The third-order valence-electron chi connectivity index (χ3n) is 5.35. The van der Waals surface area contributed by atoms with E-state index in [2.05, 4.69) is 60.3 Å². The number of likely N-dealkylation sites (N-methyl/N-ethyl adjacent to an activating group) is 1. The molecule has 0 aliphatic carbocycles. The molecule has 1 aromatic carbocycles. The van der Waals surface area contributed by atoms with E-state index in [0.29, 0.717) is 5.41 Å². The van der Waals surface area contributed by atoms with Crippen LogP contribution in [0.25, 0.3) is 0 Å². The number of nitrogens with one attached hydrogen (secondary N) is 1. The Hall–Kier alpha value is -1.22. The summed E-state index contributed by atoms with van der Waals surface area (Å²) >= 11 is 0. The Balaban J connectivity index is 1.86. The van der Waals surface area contributed by atoms with Crippen LogP contribution in [0, 0.1) is 11.3 Å². The predicted molar refractivity (Wildman–Crippen MR) is 86.7 cm³/mol. The highest BCUT2D eigenvalue weighted by Crippen LogP contribution is 2.39. The molecule has 0 amide bonds. The number of anilines is 2. The van der Waals surface area contributed by atoms with Gasteiger partial charge < -0.3 is 15.1 Å². The van der Waals surface area contributed by atoms with E-state index >= 15 is 0 Å². The van der Waals surface area contributed by atoms with E-state index in [-0.39, 0.29) is 0 Å². The second kappa shape index (κ2) is 5.28. The summed E-state index contributed by atoms with van der Waals surface area (Å²) in [5.41, 5.74) is 3.22. The van der Waals surface area contributed by atoms with Crippen LogP contribution in [-0.2, 0) is 0 Å². The molecule has 0 aromatic heterocycles. The maximum absolute atomic E-state index is 3.58. The van der Waals surface area contributed by atoms with Gasteiger partial charge >= 0.3 is 0 Å². The summed E-state index contributed by atoms with van der Waals surface area (Å²) in [6.45, 7) is 10.6. The summed E-state index contributed by atoms with van der Waals surface area (Å²) in [7, 11) is 2.20. The Morgan fingerprint density at radius 1 is 1.20 bits per heavy atom. The minimum Gasteiger partial charge on any atom is -0.371 e. The molecular weight excluding hydrogens is 246 g/mol. The van der Waals surface area contributed by atoms with Crippen molar-refractivity contribution in [3.63, 3.8) is 0 Å². The lowest BCUT2D eigenvalue weighted by atomic mass is 9.76. The lowest BCUT2D eigenvalue weighted by Crippen LogP contribution is -2.47. The second-order valence-electron chi connectivity index (χ2n) is 6.78. The molecule has 1 N–H and O–H groups in total. The quantitative estimate of drug-likeness (QED) is 0.913. The van der Waals surface area contributed by atoms with E-state index in [0.717, 1.165) is 19.0 Å². The van der Waals surface area contributed by atoms with Crippen molar-refractivity contribution >= 4 is 11.4 Å². The smallest absolute Gasteiger partial charge is 0.0604 e. The van der Waals surface area contributed by atoms with Crippen LogP contribution in [0.5, 0.6) is 0 Å². The second-order valence-corrected chi connectivity index (χ2v) is 6.78. The van der Waals surface area contributed by atoms with Crippen LogP contribution in [-0.4, -0.2) is 39.8 Å². The number of rotatable bonds is 3. The maximum atomic E-state index is 3.58. The van der Waals surface area contributed by atoms with Gasteiger partial charge in [-0.2, -0.15) is 0 Å². The number of hydrogen-bond acceptors (Lipinski definition) is 3. The van der Waals surface area contributed by atoms with Crippen molar-refractivity contribution in [3.05, 3.63) is 24.3 Å². The first-order valence-corrected chi connectivity index (χ1v) is 7.88. The largest absolute Gasteiger partial charge is 0.371 e. The van der Waals surface area contributed by atoms with Crippen LogP contribution in [0.3, 0.4) is 0 Å². The minimum atomic E-state index is 0.434. The first kappa shape index (κ1) is 13.7. The molecule has 2 aliphatic rings. The molecule has 110 valence electrons. The molecule has 1 unspecified atom stereocenters. The molecule has 1 aromatic rings. The van der Waals surface area contributed by atoms with Gasteiger partial charge in [-0.05, 0) is 31.0 Å². The fourth-order valence-electron chi connectivity index (χ4n) is 3.68. The van der Waals surface area contributed by atoms with Crippen LogP contribution in [0.15, 0.2) is 24.3 Å². The molecule has 0 saturated carbocycles. The van der Waals surface area contributed by atoms with Gasteiger partial charge in [-0.15, -0.1) is 0 Å². The Labute approximate surface area is 123 Å². The highest BCUT2D eigenvalue weighted by molar-refractivity contribution is 5.73. The molecule has 0 spiro atoms. The predicted octanol–water partition coefficient (Wildman–Crippen LogP) is 2.58. The molecule has 1 saturated heterocycles. The van der Waals surface area contributed by atoms with Crippen molar-refractivity contribution in [2.24, 2.45) is 11.3 Å². The average Bonchev–Trinajstić information content (AvgIpc) is 2.92. The number of fused-ring (bicyclic) bond motifs is 1. The topological polar surface area (TPSA) is 18.5 Å². The summed E-state index contributed by atoms with van der Waals surface area (Å²) in [6, 6.07) is 8.84. The Morgan fingerprint density at radius 2 is 1.95 bits per heavy atom. The van der Waals surface area contributed by atoms with Gasteiger partial charge in [0.1, 0.15) is 0 Å². The molecule has 0 radical (unpaired) electrons. The third-order valence-corrected chi connectivity index (χ3v) is 5.35. The van der Waals surface area contributed by atoms with Crippen molar-refractivity contribution in [2.45, 2.75) is 20.3 Å². The molecule has 1 fully saturated rings. The summed E-state index contributed by atoms with van der Waals surface area (Å²) in [5, 5.41) is 3.58. The molecule has 3 nitrogen and oxygen atoms in total.